The highest BCUT2D eigenvalue weighted by Gasteiger charge is 2.21. The first kappa shape index (κ1) is 21.4. The zero-order chi connectivity index (χ0) is 21.5. The van der Waals surface area contributed by atoms with Gasteiger partial charge in [-0.1, -0.05) is 19.9 Å². The predicted octanol–water partition coefficient (Wildman–Crippen LogP) is 4.07. The molecule has 0 bridgehead atoms. The summed E-state index contributed by atoms with van der Waals surface area (Å²) in [4.78, 5) is 22.7. The van der Waals surface area contributed by atoms with Gasteiger partial charge in [0.15, 0.2) is 11.5 Å². The van der Waals surface area contributed by atoms with Crippen LogP contribution < -0.4 is 20.1 Å². The van der Waals surface area contributed by atoms with Gasteiger partial charge in [0.1, 0.15) is 13.2 Å². The number of rotatable bonds is 9. The van der Waals surface area contributed by atoms with E-state index in [9.17, 15) is 14.9 Å². The number of nitro benzene ring substituents is 1. The van der Waals surface area contributed by atoms with Crippen LogP contribution in [0.5, 0.6) is 11.5 Å². The summed E-state index contributed by atoms with van der Waals surface area (Å²) in [5, 5.41) is 17.0. The number of nitro groups is 1. The smallest absolute Gasteiger partial charge is 0.269 e. The van der Waals surface area contributed by atoms with Crippen molar-refractivity contribution in [2.45, 2.75) is 32.7 Å². The summed E-state index contributed by atoms with van der Waals surface area (Å²) >= 11 is 0. The van der Waals surface area contributed by atoms with Crippen LogP contribution in [-0.2, 0) is 4.79 Å². The SMILES string of the molecule is CC(C)C(NC(=O)CCCNc1ccc([N+](=O)[O-])cc1)c1ccc2c(c1)OCCO2. The van der Waals surface area contributed by atoms with Crippen molar-refractivity contribution in [3.8, 4) is 11.5 Å². The van der Waals surface area contributed by atoms with Gasteiger partial charge in [0.2, 0.25) is 5.91 Å². The number of hydrogen-bond donors (Lipinski definition) is 2. The first-order valence-corrected chi connectivity index (χ1v) is 10.1. The second-order valence-corrected chi connectivity index (χ2v) is 7.53. The number of carbonyl (C=O) groups is 1. The molecular formula is C22H27N3O5. The maximum absolute atomic E-state index is 12.5. The van der Waals surface area contributed by atoms with Crippen LogP contribution in [0.1, 0.15) is 38.3 Å². The van der Waals surface area contributed by atoms with Crippen molar-refractivity contribution in [1.82, 2.24) is 5.32 Å². The third-order valence-electron chi connectivity index (χ3n) is 4.90. The summed E-state index contributed by atoms with van der Waals surface area (Å²) in [6.07, 6.45) is 1.03. The molecule has 2 aromatic rings. The lowest BCUT2D eigenvalue weighted by atomic mass is 9.95. The second-order valence-electron chi connectivity index (χ2n) is 7.53. The largest absolute Gasteiger partial charge is 0.486 e. The highest BCUT2D eigenvalue weighted by molar-refractivity contribution is 5.76. The van der Waals surface area contributed by atoms with E-state index in [0.29, 0.717) is 38.3 Å². The molecule has 2 aromatic carbocycles. The Morgan fingerprint density at radius 3 is 2.47 bits per heavy atom. The van der Waals surface area contributed by atoms with Crippen molar-refractivity contribution < 1.29 is 19.2 Å². The van der Waals surface area contributed by atoms with E-state index < -0.39 is 4.92 Å². The van der Waals surface area contributed by atoms with Gasteiger partial charge in [-0.2, -0.15) is 0 Å². The normalized spacial score (nSPS) is 13.6. The number of hydrogen-bond acceptors (Lipinski definition) is 6. The van der Waals surface area contributed by atoms with Crippen LogP contribution in [0.15, 0.2) is 42.5 Å². The fourth-order valence-electron chi connectivity index (χ4n) is 3.32. The number of fused-ring (bicyclic) bond motifs is 1. The number of anilines is 1. The Labute approximate surface area is 175 Å². The molecule has 1 heterocycles. The Balaban J connectivity index is 1.49. The minimum atomic E-state index is -0.430. The van der Waals surface area contributed by atoms with E-state index in [0.717, 1.165) is 17.0 Å². The summed E-state index contributed by atoms with van der Waals surface area (Å²) in [5.41, 5.74) is 1.84. The van der Waals surface area contributed by atoms with Gasteiger partial charge in [-0.15, -0.1) is 0 Å². The van der Waals surface area contributed by atoms with Crippen molar-refractivity contribution in [3.05, 3.63) is 58.1 Å². The van der Waals surface area contributed by atoms with E-state index in [1.165, 1.54) is 12.1 Å². The number of carbonyl (C=O) groups excluding carboxylic acids is 1. The summed E-state index contributed by atoms with van der Waals surface area (Å²) in [6, 6.07) is 11.9. The number of non-ortho nitro benzene ring substituents is 1. The minimum absolute atomic E-state index is 0.0194. The quantitative estimate of drug-likeness (QED) is 0.365. The zero-order valence-corrected chi connectivity index (χ0v) is 17.2. The number of amides is 1. The highest BCUT2D eigenvalue weighted by Crippen LogP contribution is 2.34. The van der Waals surface area contributed by atoms with Crippen LogP contribution in [0, 0.1) is 16.0 Å². The lowest BCUT2D eigenvalue weighted by molar-refractivity contribution is -0.384. The maximum atomic E-state index is 12.5. The van der Waals surface area contributed by atoms with Gasteiger partial charge in [-0.25, -0.2) is 0 Å². The van der Waals surface area contributed by atoms with Gasteiger partial charge >= 0.3 is 0 Å². The van der Waals surface area contributed by atoms with Gasteiger partial charge in [0.05, 0.1) is 11.0 Å². The van der Waals surface area contributed by atoms with Crippen LogP contribution in [0.3, 0.4) is 0 Å². The molecule has 160 valence electrons. The van der Waals surface area contributed by atoms with Crippen LogP contribution in [0.2, 0.25) is 0 Å². The molecule has 8 heteroatoms. The molecule has 8 nitrogen and oxygen atoms in total. The first-order valence-electron chi connectivity index (χ1n) is 10.1. The summed E-state index contributed by atoms with van der Waals surface area (Å²) in [5.74, 6) is 1.64. The molecule has 0 radical (unpaired) electrons. The van der Waals surface area contributed by atoms with Crippen molar-refractivity contribution in [1.29, 1.82) is 0 Å². The van der Waals surface area contributed by atoms with Gasteiger partial charge in [0, 0.05) is 30.8 Å². The second kappa shape index (κ2) is 9.96. The molecule has 30 heavy (non-hydrogen) atoms. The Morgan fingerprint density at radius 1 is 1.10 bits per heavy atom. The fourth-order valence-corrected chi connectivity index (χ4v) is 3.32. The average molecular weight is 413 g/mol. The van der Waals surface area contributed by atoms with Crippen molar-refractivity contribution >= 4 is 17.3 Å². The molecule has 0 aromatic heterocycles. The molecule has 0 spiro atoms. The van der Waals surface area contributed by atoms with E-state index in [2.05, 4.69) is 24.5 Å². The highest BCUT2D eigenvalue weighted by atomic mass is 16.6. The molecule has 0 saturated carbocycles. The van der Waals surface area contributed by atoms with E-state index in [1.54, 1.807) is 12.1 Å². The van der Waals surface area contributed by atoms with Crippen LogP contribution in [0.4, 0.5) is 11.4 Å². The van der Waals surface area contributed by atoms with Gasteiger partial charge in [0.25, 0.3) is 5.69 Å². The standard InChI is InChI=1S/C22H27N3O5/c1-15(2)22(16-5-10-19-20(14-16)30-13-12-29-19)24-21(26)4-3-11-23-17-6-8-18(9-7-17)25(27)28/h5-10,14-15,22-23H,3-4,11-13H2,1-2H3,(H,24,26). The van der Waals surface area contributed by atoms with E-state index in [4.69, 9.17) is 9.47 Å². The van der Waals surface area contributed by atoms with E-state index >= 15 is 0 Å². The maximum Gasteiger partial charge on any atom is 0.269 e. The molecule has 1 unspecified atom stereocenters. The molecule has 0 aliphatic carbocycles. The van der Waals surface area contributed by atoms with E-state index in [-0.39, 0.29) is 23.6 Å². The van der Waals surface area contributed by atoms with Crippen LogP contribution in [0.25, 0.3) is 0 Å². The summed E-state index contributed by atoms with van der Waals surface area (Å²) < 4.78 is 11.2. The molecular weight excluding hydrogens is 386 g/mol. The summed E-state index contributed by atoms with van der Waals surface area (Å²) in [7, 11) is 0. The third-order valence-corrected chi connectivity index (χ3v) is 4.90. The number of nitrogens with zero attached hydrogens (tertiary/aromatic N) is 1. The number of nitrogens with one attached hydrogen (secondary N) is 2. The zero-order valence-electron chi connectivity index (χ0n) is 17.2. The van der Waals surface area contributed by atoms with Crippen molar-refractivity contribution in [2.24, 2.45) is 5.92 Å². The minimum Gasteiger partial charge on any atom is -0.486 e. The molecule has 3 rings (SSSR count). The Bertz CT molecular complexity index is 883. The molecule has 0 saturated heterocycles. The van der Waals surface area contributed by atoms with Crippen molar-refractivity contribution in [2.75, 3.05) is 25.1 Å². The summed E-state index contributed by atoms with van der Waals surface area (Å²) in [6.45, 7) is 5.80. The molecule has 1 atom stereocenters. The predicted molar refractivity (Wildman–Crippen MR) is 114 cm³/mol. The Hall–Kier alpha value is -3.29. The molecule has 1 aliphatic rings. The topological polar surface area (TPSA) is 103 Å². The number of ether oxygens (including phenoxy) is 2. The molecule has 1 amide bonds. The molecule has 1 aliphatic heterocycles. The fraction of sp³-hybridized carbons (Fsp3) is 0.409. The number of benzene rings is 2. The lowest BCUT2D eigenvalue weighted by Gasteiger charge is -2.25. The van der Waals surface area contributed by atoms with Gasteiger partial charge in [-0.3, -0.25) is 14.9 Å². The lowest BCUT2D eigenvalue weighted by Crippen LogP contribution is -2.32. The van der Waals surface area contributed by atoms with Crippen molar-refractivity contribution in [3.63, 3.8) is 0 Å². The van der Waals surface area contributed by atoms with Crippen LogP contribution >= 0.6 is 0 Å². The van der Waals surface area contributed by atoms with Gasteiger partial charge in [-0.05, 0) is 42.2 Å². The molecule has 2 N–H and O–H groups in total. The Kier molecular flexibility index (Phi) is 7.11. The first-order chi connectivity index (χ1) is 14.4. The van der Waals surface area contributed by atoms with E-state index in [1.807, 2.05) is 18.2 Å². The van der Waals surface area contributed by atoms with Gasteiger partial charge < -0.3 is 20.1 Å². The average Bonchev–Trinajstić information content (AvgIpc) is 2.75. The molecule has 0 fully saturated rings. The monoisotopic (exact) mass is 413 g/mol. The van der Waals surface area contributed by atoms with Crippen LogP contribution in [-0.4, -0.2) is 30.6 Å². The Morgan fingerprint density at radius 2 is 1.80 bits per heavy atom. The third kappa shape index (κ3) is 5.62.